The van der Waals surface area contributed by atoms with E-state index in [0.717, 1.165) is 37.4 Å². The zero-order valence-corrected chi connectivity index (χ0v) is 13.6. The van der Waals surface area contributed by atoms with Crippen LogP contribution in [0.2, 0.25) is 0 Å². The number of benzene rings is 1. The van der Waals surface area contributed by atoms with Crippen molar-refractivity contribution in [1.29, 1.82) is 0 Å². The molecule has 116 valence electrons. The van der Waals surface area contributed by atoms with E-state index in [0.29, 0.717) is 12.1 Å². The van der Waals surface area contributed by atoms with Gasteiger partial charge in [0, 0.05) is 37.4 Å². The molecular formula is C17H27N3O. The predicted molar refractivity (Wildman–Crippen MR) is 87.8 cm³/mol. The van der Waals surface area contributed by atoms with Crippen molar-refractivity contribution >= 4 is 11.6 Å². The molecule has 2 rings (SSSR count). The zero-order chi connectivity index (χ0) is 15.4. The number of piperazine rings is 1. The number of carbonyl (C=O) groups is 1. The molecule has 21 heavy (non-hydrogen) atoms. The van der Waals surface area contributed by atoms with Crippen molar-refractivity contribution in [1.82, 2.24) is 9.80 Å². The van der Waals surface area contributed by atoms with Gasteiger partial charge in [-0.25, -0.2) is 0 Å². The number of nitrogens with one attached hydrogen (secondary N) is 1. The first-order chi connectivity index (χ1) is 10.0. The van der Waals surface area contributed by atoms with Crippen molar-refractivity contribution in [3.8, 4) is 0 Å². The molecule has 1 aromatic carbocycles. The minimum atomic E-state index is 0.140. The summed E-state index contributed by atoms with van der Waals surface area (Å²) in [6, 6.07) is 8.56. The molecule has 1 aliphatic rings. The van der Waals surface area contributed by atoms with E-state index in [2.05, 4.69) is 37.9 Å². The third-order valence-electron chi connectivity index (χ3n) is 4.06. The Morgan fingerprint density at radius 1 is 1.33 bits per heavy atom. The molecule has 1 atom stereocenters. The maximum absolute atomic E-state index is 12.8. The normalized spacial score (nSPS) is 19.9. The van der Waals surface area contributed by atoms with Crippen molar-refractivity contribution in [3.05, 3.63) is 29.8 Å². The maximum Gasteiger partial charge on any atom is 0.256 e. The van der Waals surface area contributed by atoms with E-state index in [1.165, 1.54) is 0 Å². The minimum Gasteiger partial charge on any atom is -0.382 e. The number of amides is 1. The van der Waals surface area contributed by atoms with E-state index in [1.807, 2.05) is 29.2 Å². The number of para-hydroxylation sites is 1. The van der Waals surface area contributed by atoms with Gasteiger partial charge in [-0.1, -0.05) is 19.1 Å². The highest BCUT2D eigenvalue weighted by molar-refractivity contribution is 5.99. The Morgan fingerprint density at radius 3 is 2.67 bits per heavy atom. The number of anilines is 1. The lowest BCUT2D eigenvalue weighted by Crippen LogP contribution is -2.53. The van der Waals surface area contributed by atoms with E-state index in [9.17, 15) is 4.79 Å². The monoisotopic (exact) mass is 289 g/mol. The Hall–Kier alpha value is -1.55. The second kappa shape index (κ2) is 6.94. The van der Waals surface area contributed by atoms with Crippen LogP contribution in [0.4, 0.5) is 5.69 Å². The molecule has 0 aromatic heterocycles. The second-order valence-electron chi connectivity index (χ2n) is 6.07. The molecule has 4 nitrogen and oxygen atoms in total. The zero-order valence-electron chi connectivity index (χ0n) is 13.6. The molecule has 1 saturated heterocycles. The average molecular weight is 289 g/mol. The van der Waals surface area contributed by atoms with Crippen LogP contribution in [0.3, 0.4) is 0 Å². The van der Waals surface area contributed by atoms with Gasteiger partial charge in [0.15, 0.2) is 0 Å². The molecule has 0 aliphatic carbocycles. The van der Waals surface area contributed by atoms with Crippen LogP contribution in [0.1, 0.15) is 38.1 Å². The molecule has 1 aliphatic heterocycles. The van der Waals surface area contributed by atoms with Crippen molar-refractivity contribution in [3.63, 3.8) is 0 Å². The van der Waals surface area contributed by atoms with Crippen molar-refractivity contribution in [2.75, 3.05) is 31.5 Å². The van der Waals surface area contributed by atoms with Crippen LogP contribution in [0.15, 0.2) is 24.3 Å². The summed E-state index contributed by atoms with van der Waals surface area (Å²) in [5, 5.41) is 3.37. The second-order valence-corrected chi connectivity index (χ2v) is 6.07. The molecule has 1 N–H and O–H groups in total. The number of nitrogens with zero attached hydrogens (tertiary/aromatic N) is 2. The largest absolute Gasteiger partial charge is 0.382 e. The van der Waals surface area contributed by atoms with Gasteiger partial charge >= 0.3 is 0 Å². The summed E-state index contributed by atoms with van der Waals surface area (Å²) in [7, 11) is 0. The highest BCUT2D eigenvalue weighted by atomic mass is 16.2. The van der Waals surface area contributed by atoms with Gasteiger partial charge in [0.2, 0.25) is 0 Å². The van der Waals surface area contributed by atoms with Crippen molar-refractivity contribution in [2.24, 2.45) is 0 Å². The summed E-state index contributed by atoms with van der Waals surface area (Å²) >= 11 is 0. The lowest BCUT2D eigenvalue weighted by Gasteiger charge is -2.39. The quantitative estimate of drug-likeness (QED) is 0.925. The van der Waals surface area contributed by atoms with Gasteiger partial charge in [-0.2, -0.15) is 0 Å². The van der Waals surface area contributed by atoms with Gasteiger partial charge in [-0.15, -0.1) is 0 Å². The van der Waals surface area contributed by atoms with Crippen LogP contribution in [0.25, 0.3) is 0 Å². The fraction of sp³-hybridized carbons (Fsp3) is 0.588. The van der Waals surface area contributed by atoms with E-state index >= 15 is 0 Å². The third-order valence-corrected chi connectivity index (χ3v) is 4.06. The van der Waals surface area contributed by atoms with Crippen LogP contribution in [-0.4, -0.2) is 54.0 Å². The van der Waals surface area contributed by atoms with E-state index in [-0.39, 0.29) is 5.91 Å². The highest BCUT2D eigenvalue weighted by Crippen LogP contribution is 2.20. The molecular weight excluding hydrogens is 262 g/mol. The summed E-state index contributed by atoms with van der Waals surface area (Å²) in [4.78, 5) is 17.2. The molecule has 0 radical (unpaired) electrons. The molecule has 1 fully saturated rings. The minimum absolute atomic E-state index is 0.140. The fourth-order valence-corrected chi connectivity index (χ4v) is 2.93. The first kappa shape index (κ1) is 15.8. The number of carbonyl (C=O) groups excluding carboxylic acids is 1. The Balaban J connectivity index is 2.14. The van der Waals surface area contributed by atoms with Crippen LogP contribution < -0.4 is 5.32 Å². The summed E-state index contributed by atoms with van der Waals surface area (Å²) < 4.78 is 0. The SMILES string of the molecule is CCN1CCN(C(=O)c2ccccc2NC(C)C)CC1C. The predicted octanol–water partition coefficient (Wildman–Crippen LogP) is 2.67. The summed E-state index contributed by atoms with van der Waals surface area (Å²) in [5.74, 6) is 0.140. The number of hydrogen-bond acceptors (Lipinski definition) is 3. The van der Waals surface area contributed by atoms with E-state index < -0.39 is 0 Å². The smallest absolute Gasteiger partial charge is 0.256 e. The molecule has 4 heteroatoms. The van der Waals surface area contributed by atoms with Gasteiger partial charge in [-0.3, -0.25) is 9.69 Å². The first-order valence-electron chi connectivity index (χ1n) is 7.91. The first-order valence-corrected chi connectivity index (χ1v) is 7.91. The van der Waals surface area contributed by atoms with Crippen LogP contribution in [0.5, 0.6) is 0 Å². The molecule has 0 spiro atoms. The van der Waals surface area contributed by atoms with Gasteiger partial charge in [0.1, 0.15) is 0 Å². The number of likely N-dealkylation sites (N-methyl/N-ethyl adjacent to an activating group) is 1. The average Bonchev–Trinajstić information content (AvgIpc) is 2.46. The fourth-order valence-electron chi connectivity index (χ4n) is 2.93. The van der Waals surface area contributed by atoms with Gasteiger partial charge in [-0.05, 0) is 39.4 Å². The maximum atomic E-state index is 12.8. The topological polar surface area (TPSA) is 35.6 Å². The van der Waals surface area contributed by atoms with Crippen LogP contribution in [0, 0.1) is 0 Å². The summed E-state index contributed by atoms with van der Waals surface area (Å²) in [6.45, 7) is 12.2. The van der Waals surface area contributed by atoms with Gasteiger partial charge < -0.3 is 10.2 Å². The van der Waals surface area contributed by atoms with Crippen LogP contribution >= 0.6 is 0 Å². The Morgan fingerprint density at radius 2 is 2.05 bits per heavy atom. The molecule has 0 bridgehead atoms. The molecule has 1 amide bonds. The summed E-state index contributed by atoms with van der Waals surface area (Å²) in [5.41, 5.74) is 1.71. The number of rotatable bonds is 4. The van der Waals surface area contributed by atoms with Crippen molar-refractivity contribution < 1.29 is 4.79 Å². The van der Waals surface area contributed by atoms with Crippen molar-refractivity contribution in [2.45, 2.75) is 39.8 Å². The summed E-state index contributed by atoms with van der Waals surface area (Å²) in [6.07, 6.45) is 0. The lowest BCUT2D eigenvalue weighted by atomic mass is 10.1. The Bertz CT molecular complexity index is 487. The Labute approximate surface area is 128 Å². The van der Waals surface area contributed by atoms with Crippen LogP contribution in [-0.2, 0) is 0 Å². The van der Waals surface area contributed by atoms with E-state index in [4.69, 9.17) is 0 Å². The van der Waals surface area contributed by atoms with E-state index in [1.54, 1.807) is 0 Å². The third kappa shape index (κ3) is 3.76. The highest BCUT2D eigenvalue weighted by Gasteiger charge is 2.27. The lowest BCUT2D eigenvalue weighted by molar-refractivity contribution is 0.0529. The Kier molecular flexibility index (Phi) is 5.23. The standard InChI is InChI=1S/C17H27N3O/c1-5-19-10-11-20(12-14(19)4)17(21)15-8-6-7-9-16(15)18-13(2)3/h6-9,13-14,18H,5,10-12H2,1-4H3. The molecule has 0 saturated carbocycles. The van der Waals surface area contributed by atoms with Gasteiger partial charge in [0.05, 0.1) is 5.56 Å². The van der Waals surface area contributed by atoms with Gasteiger partial charge in [0.25, 0.3) is 5.91 Å². The molecule has 1 aromatic rings. The molecule has 1 unspecified atom stereocenters. The number of hydrogen-bond donors (Lipinski definition) is 1. The molecule has 1 heterocycles.